The first kappa shape index (κ1) is 31.4. The maximum atomic E-state index is 13.5. The van der Waals surface area contributed by atoms with Crippen LogP contribution in [-0.2, 0) is 39.9 Å². The minimum atomic E-state index is -1.07. The molecule has 1 unspecified atom stereocenters. The first-order valence-electron chi connectivity index (χ1n) is 15.5. The molecule has 1 atom stereocenters. The highest BCUT2D eigenvalue weighted by molar-refractivity contribution is 7.85. The van der Waals surface area contributed by atoms with E-state index in [-0.39, 0.29) is 42.7 Å². The van der Waals surface area contributed by atoms with Crippen LogP contribution in [0.4, 0.5) is 11.4 Å². The Morgan fingerprint density at radius 3 is 2.54 bits per heavy atom. The van der Waals surface area contributed by atoms with Crippen molar-refractivity contribution in [2.45, 2.75) is 44.8 Å². The molecule has 4 amide bonds. The number of carbonyl (C=O) groups excluding carboxylic acids is 4. The second-order valence-corrected chi connectivity index (χ2v) is 13.5. The smallest absolute Gasteiger partial charge is 0.262 e. The molecule has 1 aliphatic carbocycles. The molecule has 6 rings (SSSR count). The molecule has 3 aromatic rings. The molecule has 0 radical (unpaired) electrons. The number of carbonyl (C=O) groups is 4. The van der Waals surface area contributed by atoms with Crippen LogP contribution in [0.1, 0.15) is 56.7 Å². The van der Waals surface area contributed by atoms with Gasteiger partial charge in [-0.15, -0.1) is 0 Å². The standard InChI is InChI=1S/C34H37N5O6S/c35-13-16-46(44)15-12-32(41)38-14-11-24-17-27(7-5-26(24)20-38)36-33(42)23-3-1-22(2-4-23)19-39(28-8-9-28)34(43)25-6-10-29-30(18-25)45-21-31(40)37-29/h1-7,10,17-18,28H,8-9,11-16,19-21,35H2,(H,36,42)(H,37,40). The summed E-state index contributed by atoms with van der Waals surface area (Å²) in [6.07, 6.45) is 2.80. The van der Waals surface area contributed by atoms with E-state index in [0.29, 0.717) is 72.4 Å². The number of nitrogens with zero attached hydrogens (tertiary/aromatic N) is 2. The number of amides is 4. The van der Waals surface area contributed by atoms with Gasteiger partial charge in [-0.3, -0.25) is 23.4 Å². The fraction of sp³-hybridized carbons (Fsp3) is 0.353. The quantitative estimate of drug-likeness (QED) is 0.291. The Morgan fingerprint density at radius 1 is 1.00 bits per heavy atom. The van der Waals surface area contributed by atoms with Gasteiger partial charge in [0, 0.05) is 77.8 Å². The van der Waals surface area contributed by atoms with Gasteiger partial charge in [-0.25, -0.2) is 0 Å². The second-order valence-electron chi connectivity index (χ2n) is 11.8. The van der Waals surface area contributed by atoms with E-state index in [1.165, 1.54) is 0 Å². The summed E-state index contributed by atoms with van der Waals surface area (Å²) in [7, 11) is -1.07. The van der Waals surface area contributed by atoms with Crippen molar-refractivity contribution in [2.75, 3.05) is 41.8 Å². The molecule has 0 saturated heterocycles. The van der Waals surface area contributed by atoms with Crippen LogP contribution in [-0.4, -0.2) is 74.9 Å². The number of nitrogens with two attached hydrogens (primary N) is 1. The van der Waals surface area contributed by atoms with E-state index in [2.05, 4.69) is 10.6 Å². The van der Waals surface area contributed by atoms with Crippen LogP contribution in [0.3, 0.4) is 0 Å². The summed E-state index contributed by atoms with van der Waals surface area (Å²) >= 11 is 0. The Labute approximate surface area is 269 Å². The Kier molecular flexibility index (Phi) is 9.46. The van der Waals surface area contributed by atoms with E-state index in [1.54, 1.807) is 35.2 Å². The van der Waals surface area contributed by atoms with Crippen LogP contribution in [0.5, 0.6) is 5.75 Å². The van der Waals surface area contributed by atoms with E-state index in [0.717, 1.165) is 29.5 Å². The van der Waals surface area contributed by atoms with E-state index in [9.17, 15) is 23.4 Å². The summed E-state index contributed by atoms with van der Waals surface area (Å²) in [4.78, 5) is 54.4. The molecule has 12 heteroatoms. The summed E-state index contributed by atoms with van der Waals surface area (Å²) in [6, 6.07) is 18.2. The van der Waals surface area contributed by atoms with Crippen LogP contribution >= 0.6 is 0 Å². The average Bonchev–Trinajstić information content (AvgIpc) is 3.91. The van der Waals surface area contributed by atoms with E-state index >= 15 is 0 Å². The van der Waals surface area contributed by atoms with Gasteiger partial charge in [0.05, 0.1) is 5.69 Å². The molecule has 4 N–H and O–H groups in total. The third-order valence-electron chi connectivity index (χ3n) is 8.40. The lowest BCUT2D eigenvalue weighted by atomic mass is 9.98. The van der Waals surface area contributed by atoms with Crippen molar-refractivity contribution in [3.63, 3.8) is 0 Å². The molecular weight excluding hydrogens is 606 g/mol. The highest BCUT2D eigenvalue weighted by atomic mass is 32.2. The van der Waals surface area contributed by atoms with Gasteiger partial charge in [-0.2, -0.15) is 0 Å². The Hall–Kier alpha value is -4.55. The summed E-state index contributed by atoms with van der Waals surface area (Å²) < 4.78 is 17.4. The monoisotopic (exact) mass is 643 g/mol. The minimum absolute atomic E-state index is 0.00837. The predicted molar refractivity (Wildman–Crippen MR) is 175 cm³/mol. The van der Waals surface area contributed by atoms with Crippen molar-refractivity contribution in [2.24, 2.45) is 5.73 Å². The molecule has 1 fully saturated rings. The highest BCUT2D eigenvalue weighted by Crippen LogP contribution is 2.33. The number of hydrogen-bond acceptors (Lipinski definition) is 7. The predicted octanol–water partition coefficient (Wildman–Crippen LogP) is 3.06. The lowest BCUT2D eigenvalue weighted by Crippen LogP contribution is -2.36. The van der Waals surface area contributed by atoms with Gasteiger partial charge in [0.15, 0.2) is 6.61 Å². The zero-order valence-corrected chi connectivity index (χ0v) is 26.3. The molecule has 11 nitrogen and oxygen atoms in total. The maximum Gasteiger partial charge on any atom is 0.262 e. The lowest BCUT2D eigenvalue weighted by Gasteiger charge is -2.29. The largest absolute Gasteiger partial charge is 0.482 e. The van der Waals surface area contributed by atoms with E-state index in [4.69, 9.17) is 10.5 Å². The topological polar surface area (TPSA) is 151 Å². The van der Waals surface area contributed by atoms with Crippen molar-refractivity contribution in [3.05, 3.63) is 88.5 Å². The fourth-order valence-corrected chi connectivity index (χ4v) is 6.59. The van der Waals surface area contributed by atoms with Gasteiger partial charge >= 0.3 is 0 Å². The SMILES string of the molecule is NCCS(=O)CCC(=O)N1CCc2cc(NC(=O)c3ccc(CN(C(=O)c4ccc5c(c4)OCC(=O)N5)C4CC4)cc3)ccc2C1. The zero-order valence-electron chi connectivity index (χ0n) is 25.5. The molecule has 0 spiro atoms. The van der Waals surface area contributed by atoms with E-state index < -0.39 is 10.8 Å². The minimum Gasteiger partial charge on any atom is -0.482 e. The maximum absolute atomic E-state index is 13.5. The zero-order chi connectivity index (χ0) is 32.2. The Morgan fingerprint density at radius 2 is 1.78 bits per heavy atom. The summed E-state index contributed by atoms with van der Waals surface area (Å²) in [5.74, 6) is 0.649. The summed E-state index contributed by atoms with van der Waals surface area (Å²) in [5, 5.41) is 5.72. The van der Waals surface area contributed by atoms with Crippen LogP contribution < -0.4 is 21.1 Å². The van der Waals surface area contributed by atoms with Crippen molar-refractivity contribution in [3.8, 4) is 5.75 Å². The van der Waals surface area contributed by atoms with Crippen molar-refractivity contribution in [1.82, 2.24) is 9.80 Å². The average molecular weight is 644 g/mol. The van der Waals surface area contributed by atoms with Gasteiger partial charge in [0.2, 0.25) is 5.91 Å². The number of hydrogen-bond donors (Lipinski definition) is 3. The number of ether oxygens (including phenoxy) is 1. The van der Waals surface area contributed by atoms with Crippen LogP contribution in [0.2, 0.25) is 0 Å². The Bertz CT molecular complexity index is 1690. The molecule has 3 aromatic carbocycles. The number of anilines is 2. The molecular formula is C34H37N5O6S. The van der Waals surface area contributed by atoms with Crippen LogP contribution in [0, 0.1) is 0 Å². The van der Waals surface area contributed by atoms with Crippen molar-refractivity contribution in [1.29, 1.82) is 0 Å². The third-order valence-corrected chi connectivity index (χ3v) is 9.75. The van der Waals surface area contributed by atoms with Crippen molar-refractivity contribution >= 4 is 45.8 Å². The van der Waals surface area contributed by atoms with Gasteiger partial charge in [0.25, 0.3) is 17.7 Å². The molecule has 3 aliphatic rings. The molecule has 0 bridgehead atoms. The third kappa shape index (κ3) is 7.45. The summed E-state index contributed by atoms with van der Waals surface area (Å²) in [5.41, 5.74) is 10.7. The molecule has 2 aliphatic heterocycles. The van der Waals surface area contributed by atoms with Gasteiger partial charge in [-0.05, 0) is 78.4 Å². The van der Waals surface area contributed by atoms with E-state index in [1.807, 2.05) is 35.2 Å². The number of nitrogens with one attached hydrogen (secondary N) is 2. The number of fused-ring (bicyclic) bond motifs is 2. The second kappa shape index (κ2) is 13.8. The van der Waals surface area contributed by atoms with Crippen LogP contribution in [0.15, 0.2) is 60.7 Å². The first-order valence-corrected chi connectivity index (χ1v) is 17.0. The molecule has 2 heterocycles. The molecule has 240 valence electrons. The fourth-order valence-electron chi connectivity index (χ4n) is 5.72. The highest BCUT2D eigenvalue weighted by Gasteiger charge is 2.33. The molecule has 1 saturated carbocycles. The molecule has 46 heavy (non-hydrogen) atoms. The number of benzene rings is 3. The van der Waals surface area contributed by atoms with Crippen LogP contribution in [0.25, 0.3) is 0 Å². The van der Waals surface area contributed by atoms with Gasteiger partial charge < -0.3 is 30.9 Å². The normalized spacial score (nSPS) is 15.9. The number of rotatable bonds is 11. The van der Waals surface area contributed by atoms with Crippen molar-refractivity contribution < 1.29 is 28.1 Å². The summed E-state index contributed by atoms with van der Waals surface area (Å²) in [6.45, 7) is 1.75. The van der Waals surface area contributed by atoms with Gasteiger partial charge in [0.1, 0.15) is 5.75 Å². The first-order chi connectivity index (χ1) is 22.3. The lowest BCUT2D eigenvalue weighted by molar-refractivity contribution is -0.131. The Balaban J connectivity index is 1.04. The molecule has 0 aromatic heterocycles. The van der Waals surface area contributed by atoms with Gasteiger partial charge in [-0.1, -0.05) is 18.2 Å².